The van der Waals surface area contributed by atoms with Gasteiger partial charge in [-0.05, 0) is 70.4 Å². The number of imide groups is 1. The molecule has 0 aliphatic carbocycles. The molecule has 5 nitrogen and oxygen atoms in total. The van der Waals surface area contributed by atoms with Gasteiger partial charge in [-0.3, -0.25) is 4.79 Å². The van der Waals surface area contributed by atoms with Gasteiger partial charge < -0.3 is 10.1 Å². The predicted octanol–water partition coefficient (Wildman–Crippen LogP) is 6.17. The van der Waals surface area contributed by atoms with Crippen LogP contribution in [0.5, 0.6) is 5.75 Å². The Hall–Kier alpha value is -4.09. The van der Waals surface area contributed by atoms with E-state index in [1.807, 2.05) is 36.4 Å². The second kappa shape index (κ2) is 8.81. The van der Waals surface area contributed by atoms with Crippen molar-refractivity contribution in [2.45, 2.75) is 6.61 Å². The van der Waals surface area contributed by atoms with Crippen LogP contribution in [0.2, 0.25) is 5.02 Å². The minimum absolute atomic E-state index is 0.208. The Labute approximate surface area is 195 Å². The van der Waals surface area contributed by atoms with E-state index in [2.05, 4.69) is 35.6 Å². The third-order valence-corrected chi connectivity index (χ3v) is 5.63. The monoisotopic (exact) mass is 454 g/mol. The summed E-state index contributed by atoms with van der Waals surface area (Å²) in [6.45, 7) is 0.454. The minimum atomic E-state index is -0.496. The van der Waals surface area contributed by atoms with Crippen LogP contribution in [0, 0.1) is 0 Å². The van der Waals surface area contributed by atoms with Crippen molar-refractivity contribution >= 4 is 46.1 Å². The number of halogens is 1. The van der Waals surface area contributed by atoms with E-state index < -0.39 is 11.9 Å². The van der Waals surface area contributed by atoms with E-state index in [-0.39, 0.29) is 5.70 Å². The molecule has 0 aromatic heterocycles. The maximum atomic E-state index is 12.7. The number of fused-ring (bicyclic) bond motifs is 1. The quantitative estimate of drug-likeness (QED) is 0.290. The number of rotatable bonds is 5. The Bertz CT molecular complexity index is 1380. The van der Waals surface area contributed by atoms with Crippen LogP contribution in [-0.2, 0) is 11.4 Å². The summed E-state index contributed by atoms with van der Waals surface area (Å²) in [4.78, 5) is 26.2. The number of benzene rings is 4. The second-order valence-electron chi connectivity index (χ2n) is 7.64. The molecule has 1 heterocycles. The standard InChI is InChI=1S/C27H19ClN2O3/c28-22-9-11-23(12-10-22)30-26(31)25(29-27(30)32)16-18-6-13-24(14-7-18)33-17-19-5-8-20-3-1-2-4-21(20)15-19/h1-16H,17H2,(H,29,32)/b25-16+. The summed E-state index contributed by atoms with van der Waals surface area (Å²) in [6, 6.07) is 27.9. The van der Waals surface area contributed by atoms with Crippen molar-refractivity contribution in [3.8, 4) is 5.75 Å². The topological polar surface area (TPSA) is 58.6 Å². The Morgan fingerprint density at radius 1 is 0.848 bits per heavy atom. The molecular weight excluding hydrogens is 436 g/mol. The summed E-state index contributed by atoms with van der Waals surface area (Å²) < 4.78 is 5.91. The van der Waals surface area contributed by atoms with E-state index in [1.165, 1.54) is 10.8 Å². The molecule has 0 spiro atoms. The van der Waals surface area contributed by atoms with E-state index in [1.54, 1.807) is 30.3 Å². The maximum absolute atomic E-state index is 12.7. The van der Waals surface area contributed by atoms with Crippen molar-refractivity contribution in [1.29, 1.82) is 0 Å². The lowest BCUT2D eigenvalue weighted by molar-refractivity contribution is -0.113. The highest BCUT2D eigenvalue weighted by molar-refractivity contribution is 6.31. The van der Waals surface area contributed by atoms with Crippen LogP contribution in [0.25, 0.3) is 16.8 Å². The zero-order valence-corrected chi connectivity index (χ0v) is 18.3. The fourth-order valence-corrected chi connectivity index (χ4v) is 3.81. The highest BCUT2D eigenvalue weighted by Crippen LogP contribution is 2.25. The Balaban J connectivity index is 1.26. The molecule has 4 aromatic rings. The van der Waals surface area contributed by atoms with Gasteiger partial charge in [0, 0.05) is 5.02 Å². The largest absolute Gasteiger partial charge is 0.489 e. The number of nitrogens with zero attached hydrogens (tertiary/aromatic N) is 1. The van der Waals surface area contributed by atoms with E-state index in [0.717, 1.165) is 21.8 Å². The van der Waals surface area contributed by atoms with Crippen LogP contribution in [-0.4, -0.2) is 11.9 Å². The fraction of sp³-hybridized carbons (Fsp3) is 0.0370. The number of urea groups is 1. The van der Waals surface area contributed by atoms with Gasteiger partial charge in [0.25, 0.3) is 5.91 Å². The van der Waals surface area contributed by atoms with Crippen molar-refractivity contribution in [3.63, 3.8) is 0 Å². The summed E-state index contributed by atoms with van der Waals surface area (Å²) in [5.74, 6) is 0.300. The molecule has 6 heteroatoms. The van der Waals surface area contributed by atoms with Gasteiger partial charge in [-0.25, -0.2) is 9.69 Å². The SMILES string of the molecule is O=C1N/C(=C/c2ccc(OCc3ccc4ccccc4c3)cc2)C(=O)N1c1ccc(Cl)cc1. The average Bonchev–Trinajstić information content (AvgIpc) is 3.11. The maximum Gasteiger partial charge on any atom is 0.333 e. The normalized spacial score (nSPS) is 14.7. The van der Waals surface area contributed by atoms with Crippen LogP contribution < -0.4 is 15.0 Å². The van der Waals surface area contributed by atoms with Gasteiger partial charge in [0.05, 0.1) is 5.69 Å². The molecule has 1 aliphatic heterocycles. The molecule has 0 bridgehead atoms. The van der Waals surface area contributed by atoms with E-state index >= 15 is 0 Å². The number of amides is 3. The van der Waals surface area contributed by atoms with Gasteiger partial charge in [0.1, 0.15) is 18.1 Å². The first kappa shape index (κ1) is 20.8. The molecule has 1 saturated heterocycles. The van der Waals surface area contributed by atoms with Gasteiger partial charge >= 0.3 is 6.03 Å². The molecule has 0 radical (unpaired) electrons. The molecule has 33 heavy (non-hydrogen) atoms. The van der Waals surface area contributed by atoms with Crippen LogP contribution in [0.15, 0.2) is 96.7 Å². The van der Waals surface area contributed by atoms with Crippen LogP contribution in [0.1, 0.15) is 11.1 Å². The Morgan fingerprint density at radius 2 is 1.58 bits per heavy atom. The predicted molar refractivity (Wildman–Crippen MR) is 130 cm³/mol. The minimum Gasteiger partial charge on any atom is -0.489 e. The van der Waals surface area contributed by atoms with Crippen LogP contribution in [0.3, 0.4) is 0 Å². The zero-order chi connectivity index (χ0) is 22.8. The Kier molecular flexibility index (Phi) is 5.55. The van der Waals surface area contributed by atoms with Crippen molar-refractivity contribution in [3.05, 3.63) is 113 Å². The molecule has 1 aliphatic rings. The summed E-state index contributed by atoms with van der Waals surface area (Å²) in [5, 5.41) is 5.53. The van der Waals surface area contributed by atoms with Crippen molar-refractivity contribution < 1.29 is 14.3 Å². The first-order valence-corrected chi connectivity index (χ1v) is 10.8. The average molecular weight is 455 g/mol. The number of anilines is 1. The highest BCUT2D eigenvalue weighted by atomic mass is 35.5. The molecule has 0 atom stereocenters. The Morgan fingerprint density at radius 3 is 2.33 bits per heavy atom. The van der Waals surface area contributed by atoms with Gasteiger partial charge in [-0.15, -0.1) is 0 Å². The van der Waals surface area contributed by atoms with Gasteiger partial charge in [0.15, 0.2) is 0 Å². The summed E-state index contributed by atoms with van der Waals surface area (Å²) in [6.07, 6.45) is 1.64. The number of hydrogen-bond acceptors (Lipinski definition) is 3. The zero-order valence-electron chi connectivity index (χ0n) is 17.5. The van der Waals surface area contributed by atoms with Gasteiger partial charge in [-0.2, -0.15) is 0 Å². The summed E-state index contributed by atoms with van der Waals surface area (Å²) >= 11 is 5.89. The lowest BCUT2D eigenvalue weighted by Gasteiger charge is -2.11. The van der Waals surface area contributed by atoms with Crippen LogP contribution >= 0.6 is 11.6 Å². The molecule has 5 rings (SSSR count). The molecule has 0 saturated carbocycles. The first-order valence-electron chi connectivity index (χ1n) is 10.4. The summed E-state index contributed by atoms with van der Waals surface area (Å²) in [7, 11) is 0. The first-order chi connectivity index (χ1) is 16.1. The molecule has 4 aromatic carbocycles. The highest BCUT2D eigenvalue weighted by Gasteiger charge is 2.34. The number of carbonyl (C=O) groups is 2. The van der Waals surface area contributed by atoms with E-state index in [0.29, 0.717) is 17.3 Å². The molecular formula is C27H19ClN2O3. The lowest BCUT2D eigenvalue weighted by Crippen LogP contribution is -2.30. The fourth-order valence-electron chi connectivity index (χ4n) is 3.68. The second-order valence-corrected chi connectivity index (χ2v) is 8.08. The number of carbonyl (C=O) groups excluding carboxylic acids is 2. The van der Waals surface area contributed by atoms with Gasteiger partial charge in [-0.1, -0.05) is 60.1 Å². The lowest BCUT2D eigenvalue weighted by atomic mass is 10.1. The van der Waals surface area contributed by atoms with E-state index in [9.17, 15) is 9.59 Å². The smallest absolute Gasteiger partial charge is 0.333 e. The van der Waals surface area contributed by atoms with Crippen molar-refractivity contribution in [2.24, 2.45) is 0 Å². The number of nitrogens with one attached hydrogen (secondary N) is 1. The number of hydrogen-bond donors (Lipinski definition) is 1. The van der Waals surface area contributed by atoms with Crippen molar-refractivity contribution in [2.75, 3.05) is 4.90 Å². The van der Waals surface area contributed by atoms with Crippen LogP contribution in [0.4, 0.5) is 10.5 Å². The van der Waals surface area contributed by atoms with Crippen molar-refractivity contribution in [1.82, 2.24) is 5.32 Å². The number of ether oxygens (including phenoxy) is 1. The molecule has 162 valence electrons. The summed E-state index contributed by atoms with van der Waals surface area (Å²) in [5.41, 5.74) is 2.53. The molecule has 1 N–H and O–H groups in total. The van der Waals surface area contributed by atoms with Gasteiger partial charge in [0.2, 0.25) is 0 Å². The molecule has 3 amide bonds. The molecule has 0 unspecified atom stereocenters. The van der Waals surface area contributed by atoms with E-state index in [4.69, 9.17) is 16.3 Å². The third kappa shape index (κ3) is 4.45. The third-order valence-electron chi connectivity index (χ3n) is 5.37. The molecule has 1 fully saturated rings.